The van der Waals surface area contributed by atoms with Crippen LogP contribution in [-0.4, -0.2) is 27.0 Å². The largest absolute Gasteiger partial charge is 0.508 e. The van der Waals surface area contributed by atoms with Gasteiger partial charge in [-0.3, -0.25) is 5.10 Å². The van der Waals surface area contributed by atoms with Crippen molar-refractivity contribution in [3.05, 3.63) is 48.2 Å². The van der Waals surface area contributed by atoms with E-state index in [9.17, 15) is 10.2 Å². The molecule has 0 atom stereocenters. The van der Waals surface area contributed by atoms with Gasteiger partial charge in [-0.2, -0.15) is 5.10 Å². The van der Waals surface area contributed by atoms with Gasteiger partial charge in [-0.15, -0.1) is 0 Å². The van der Waals surface area contributed by atoms with Crippen LogP contribution >= 0.6 is 0 Å². The molecule has 3 N–H and O–H groups in total. The number of aryl methyl sites for hydroxylation is 1. The van der Waals surface area contributed by atoms with Crippen LogP contribution in [0, 0.1) is 6.92 Å². The number of phenolic OH excluding ortho intramolecular Hbond substituents is 2. The maximum Gasteiger partial charge on any atom is 0.176 e. The van der Waals surface area contributed by atoms with Gasteiger partial charge in [0.2, 0.25) is 0 Å². The minimum absolute atomic E-state index is 0.0162. The van der Waals surface area contributed by atoms with Crippen LogP contribution in [0.1, 0.15) is 12.6 Å². The molecule has 124 valence electrons. The summed E-state index contributed by atoms with van der Waals surface area (Å²) in [5, 5.41) is 26.5. The Hall–Kier alpha value is -3.15. The summed E-state index contributed by atoms with van der Waals surface area (Å²) in [6.07, 6.45) is 0. The molecular weight excluding hydrogens is 308 g/mol. The number of ether oxygens (including phenoxy) is 2. The second-order valence-corrected chi connectivity index (χ2v) is 5.23. The van der Waals surface area contributed by atoms with Crippen LogP contribution in [0.3, 0.4) is 0 Å². The van der Waals surface area contributed by atoms with E-state index in [2.05, 4.69) is 10.2 Å². The quantitative estimate of drug-likeness (QED) is 0.660. The average molecular weight is 326 g/mol. The Morgan fingerprint density at radius 3 is 2.42 bits per heavy atom. The molecule has 0 unspecified atom stereocenters. The molecule has 0 radical (unpaired) electrons. The molecule has 0 fully saturated rings. The molecule has 1 aromatic heterocycles. The van der Waals surface area contributed by atoms with Gasteiger partial charge in [0.1, 0.15) is 28.7 Å². The molecule has 0 aliphatic carbocycles. The van der Waals surface area contributed by atoms with Crippen molar-refractivity contribution in [3.8, 4) is 40.0 Å². The van der Waals surface area contributed by atoms with Gasteiger partial charge in [-0.05, 0) is 50.2 Å². The summed E-state index contributed by atoms with van der Waals surface area (Å²) in [7, 11) is 0. The van der Waals surface area contributed by atoms with Crippen molar-refractivity contribution in [1.82, 2.24) is 10.2 Å². The van der Waals surface area contributed by atoms with Crippen LogP contribution < -0.4 is 9.47 Å². The molecule has 0 aliphatic rings. The minimum atomic E-state index is -0.0713. The first kappa shape index (κ1) is 15.7. The lowest BCUT2D eigenvalue weighted by atomic mass is 10.1. The number of aromatic amines is 1. The summed E-state index contributed by atoms with van der Waals surface area (Å²) in [5.74, 6) is 1.82. The number of hydrogen-bond donors (Lipinski definition) is 3. The third kappa shape index (κ3) is 3.12. The van der Waals surface area contributed by atoms with E-state index in [4.69, 9.17) is 9.47 Å². The maximum atomic E-state index is 10.1. The fraction of sp³-hybridized carbons (Fsp3) is 0.167. The number of rotatable bonds is 5. The van der Waals surface area contributed by atoms with Crippen LogP contribution in [0.2, 0.25) is 0 Å². The molecular formula is C18H18N2O4. The number of hydrogen-bond acceptors (Lipinski definition) is 5. The summed E-state index contributed by atoms with van der Waals surface area (Å²) >= 11 is 0. The summed E-state index contributed by atoms with van der Waals surface area (Å²) in [5.41, 5.74) is 1.67. The average Bonchev–Trinajstić information content (AvgIpc) is 2.91. The van der Waals surface area contributed by atoms with Crippen LogP contribution in [0.15, 0.2) is 42.5 Å². The Labute approximate surface area is 139 Å². The topological polar surface area (TPSA) is 87.6 Å². The molecule has 0 saturated carbocycles. The van der Waals surface area contributed by atoms with Gasteiger partial charge in [-0.25, -0.2) is 0 Å². The zero-order valence-corrected chi connectivity index (χ0v) is 13.4. The Kier molecular flexibility index (Phi) is 4.29. The normalized spacial score (nSPS) is 10.6. The number of nitrogens with one attached hydrogen (secondary N) is 1. The SMILES string of the molecule is CCOc1ccc(Oc2c(-c3ccc(O)cc3O)n[nH]c2C)cc1. The second-order valence-electron chi connectivity index (χ2n) is 5.23. The molecule has 6 nitrogen and oxygen atoms in total. The summed E-state index contributed by atoms with van der Waals surface area (Å²) in [6.45, 7) is 4.36. The standard InChI is InChI=1S/C18H18N2O4/c1-3-23-13-5-7-14(8-6-13)24-18-11(2)19-20-17(18)15-9-4-12(21)10-16(15)22/h4-10,21-22H,3H2,1-2H3,(H,19,20). The zero-order valence-electron chi connectivity index (χ0n) is 13.4. The van der Waals surface area contributed by atoms with E-state index in [1.807, 2.05) is 26.0 Å². The first-order valence-electron chi connectivity index (χ1n) is 7.56. The third-order valence-corrected chi connectivity index (χ3v) is 3.48. The highest BCUT2D eigenvalue weighted by molar-refractivity contribution is 5.74. The van der Waals surface area contributed by atoms with Gasteiger partial charge in [0.15, 0.2) is 5.75 Å². The first-order valence-corrected chi connectivity index (χ1v) is 7.56. The smallest absolute Gasteiger partial charge is 0.176 e. The number of nitrogens with zero attached hydrogens (tertiary/aromatic N) is 1. The van der Waals surface area contributed by atoms with Crippen LogP contribution in [0.25, 0.3) is 11.3 Å². The van der Waals surface area contributed by atoms with E-state index in [0.717, 1.165) is 11.4 Å². The van der Waals surface area contributed by atoms with E-state index in [1.54, 1.807) is 18.2 Å². The van der Waals surface area contributed by atoms with Gasteiger partial charge >= 0.3 is 0 Å². The predicted octanol–water partition coefficient (Wildman–Crippen LogP) is 3.99. The Morgan fingerprint density at radius 2 is 1.75 bits per heavy atom. The van der Waals surface area contributed by atoms with Gasteiger partial charge in [-0.1, -0.05) is 0 Å². The summed E-state index contributed by atoms with van der Waals surface area (Å²) in [4.78, 5) is 0. The van der Waals surface area contributed by atoms with Gasteiger partial charge < -0.3 is 19.7 Å². The van der Waals surface area contributed by atoms with Crippen molar-refractivity contribution in [2.75, 3.05) is 6.61 Å². The zero-order chi connectivity index (χ0) is 17.1. The number of phenols is 2. The molecule has 24 heavy (non-hydrogen) atoms. The summed E-state index contributed by atoms with van der Waals surface area (Å²) < 4.78 is 11.3. The van der Waals surface area contributed by atoms with E-state index in [1.165, 1.54) is 12.1 Å². The molecule has 0 spiro atoms. The van der Waals surface area contributed by atoms with Crippen LogP contribution in [0.5, 0.6) is 28.7 Å². The molecule has 1 heterocycles. The lowest BCUT2D eigenvalue weighted by Crippen LogP contribution is -1.92. The fourth-order valence-corrected chi connectivity index (χ4v) is 2.34. The molecule has 0 saturated heterocycles. The van der Waals surface area contributed by atoms with Crippen molar-refractivity contribution >= 4 is 0 Å². The number of aromatic nitrogens is 2. The second kappa shape index (κ2) is 6.54. The predicted molar refractivity (Wildman–Crippen MR) is 89.8 cm³/mol. The molecule has 0 amide bonds. The Bertz CT molecular complexity index is 841. The van der Waals surface area contributed by atoms with E-state index < -0.39 is 0 Å². The third-order valence-electron chi connectivity index (χ3n) is 3.48. The first-order chi connectivity index (χ1) is 11.6. The van der Waals surface area contributed by atoms with E-state index in [0.29, 0.717) is 29.4 Å². The van der Waals surface area contributed by atoms with Crippen LogP contribution in [0.4, 0.5) is 0 Å². The van der Waals surface area contributed by atoms with Crippen molar-refractivity contribution < 1.29 is 19.7 Å². The van der Waals surface area contributed by atoms with Crippen LogP contribution in [-0.2, 0) is 0 Å². The highest BCUT2D eigenvalue weighted by atomic mass is 16.5. The lowest BCUT2D eigenvalue weighted by Gasteiger charge is -2.09. The number of H-pyrrole nitrogens is 1. The molecule has 0 bridgehead atoms. The molecule has 3 rings (SSSR count). The highest BCUT2D eigenvalue weighted by Crippen LogP contribution is 2.39. The highest BCUT2D eigenvalue weighted by Gasteiger charge is 2.18. The summed E-state index contributed by atoms with van der Waals surface area (Å²) in [6, 6.07) is 11.6. The number of benzene rings is 2. The van der Waals surface area contributed by atoms with Gasteiger partial charge in [0.05, 0.1) is 12.3 Å². The van der Waals surface area contributed by atoms with Crippen molar-refractivity contribution in [2.24, 2.45) is 0 Å². The van der Waals surface area contributed by atoms with Crippen molar-refractivity contribution in [2.45, 2.75) is 13.8 Å². The maximum absolute atomic E-state index is 10.1. The molecule has 3 aromatic rings. The monoisotopic (exact) mass is 326 g/mol. The molecule has 6 heteroatoms. The van der Waals surface area contributed by atoms with E-state index >= 15 is 0 Å². The molecule has 2 aromatic carbocycles. The van der Waals surface area contributed by atoms with E-state index in [-0.39, 0.29) is 11.5 Å². The molecule has 0 aliphatic heterocycles. The van der Waals surface area contributed by atoms with Gasteiger partial charge in [0.25, 0.3) is 0 Å². The Balaban J connectivity index is 1.93. The van der Waals surface area contributed by atoms with Crippen molar-refractivity contribution in [1.29, 1.82) is 0 Å². The Morgan fingerprint density at radius 1 is 1.04 bits per heavy atom. The van der Waals surface area contributed by atoms with Crippen molar-refractivity contribution in [3.63, 3.8) is 0 Å². The minimum Gasteiger partial charge on any atom is -0.508 e. The fourth-order valence-electron chi connectivity index (χ4n) is 2.34. The lowest BCUT2D eigenvalue weighted by molar-refractivity contribution is 0.339. The van der Waals surface area contributed by atoms with Gasteiger partial charge in [0, 0.05) is 11.6 Å². The number of aromatic hydroxyl groups is 2.